The first kappa shape index (κ1) is 26.3. The molecule has 2 aromatic rings. The fourth-order valence-electron chi connectivity index (χ4n) is 3.84. The molecule has 1 heterocycles. The summed E-state index contributed by atoms with van der Waals surface area (Å²) >= 11 is 0. The maximum absolute atomic E-state index is 13.9. The zero-order chi connectivity index (χ0) is 25.8. The molecule has 12 heteroatoms. The molecule has 6 nitrogen and oxygen atoms in total. The molecule has 190 valence electrons. The van der Waals surface area contributed by atoms with Gasteiger partial charge < -0.3 is 20.7 Å². The van der Waals surface area contributed by atoms with E-state index >= 15 is 0 Å². The zero-order valence-electron chi connectivity index (χ0n) is 18.4. The van der Waals surface area contributed by atoms with Crippen LogP contribution >= 0.6 is 0 Å². The lowest BCUT2D eigenvalue weighted by Crippen LogP contribution is -2.49. The summed E-state index contributed by atoms with van der Waals surface area (Å²) in [5, 5.41) is 2.69. The maximum Gasteiger partial charge on any atom is 0.573 e. The minimum absolute atomic E-state index is 0.0247. The van der Waals surface area contributed by atoms with Crippen LogP contribution in [0.3, 0.4) is 0 Å². The molecule has 2 amide bonds. The minimum Gasteiger partial charge on any atom is -0.406 e. The van der Waals surface area contributed by atoms with Gasteiger partial charge in [-0.25, -0.2) is 13.2 Å². The van der Waals surface area contributed by atoms with Crippen molar-refractivity contribution >= 4 is 11.8 Å². The first-order chi connectivity index (χ1) is 16.4. The smallest absolute Gasteiger partial charge is 0.406 e. The number of benzene rings is 2. The third-order valence-corrected chi connectivity index (χ3v) is 5.47. The van der Waals surface area contributed by atoms with Gasteiger partial charge in [0, 0.05) is 38.0 Å². The topological polar surface area (TPSA) is 84.7 Å². The number of alkyl halides is 3. The second-order valence-electron chi connectivity index (χ2n) is 8.17. The second-order valence-corrected chi connectivity index (χ2v) is 8.17. The van der Waals surface area contributed by atoms with Gasteiger partial charge in [-0.15, -0.1) is 13.2 Å². The molecule has 1 aliphatic rings. The monoisotopic (exact) mass is 503 g/mol. The summed E-state index contributed by atoms with van der Waals surface area (Å²) in [7, 11) is 0. The van der Waals surface area contributed by atoms with Crippen molar-refractivity contribution in [3.63, 3.8) is 0 Å². The molecule has 35 heavy (non-hydrogen) atoms. The summed E-state index contributed by atoms with van der Waals surface area (Å²) in [5.74, 6) is -4.93. The summed E-state index contributed by atoms with van der Waals surface area (Å²) in [6.07, 6.45) is -4.88. The predicted molar refractivity (Wildman–Crippen MR) is 113 cm³/mol. The summed E-state index contributed by atoms with van der Waals surface area (Å²) in [4.78, 5) is 27.0. The Hall–Kier alpha value is -3.28. The number of nitrogens with zero attached hydrogens (tertiary/aromatic N) is 1. The number of hydrogen-bond donors (Lipinski definition) is 2. The Balaban J connectivity index is 1.70. The van der Waals surface area contributed by atoms with Crippen molar-refractivity contribution in [2.45, 2.75) is 44.1 Å². The van der Waals surface area contributed by atoms with Gasteiger partial charge >= 0.3 is 6.36 Å². The van der Waals surface area contributed by atoms with Gasteiger partial charge in [0.15, 0.2) is 11.6 Å². The molecule has 2 aromatic carbocycles. The molecular formula is C23H23F6N3O3. The Morgan fingerprint density at radius 2 is 1.77 bits per heavy atom. The van der Waals surface area contributed by atoms with E-state index in [-0.39, 0.29) is 31.4 Å². The van der Waals surface area contributed by atoms with Crippen LogP contribution < -0.4 is 15.8 Å². The Morgan fingerprint density at radius 3 is 2.43 bits per heavy atom. The number of carbonyl (C=O) groups excluding carboxylic acids is 2. The second kappa shape index (κ2) is 11.0. The summed E-state index contributed by atoms with van der Waals surface area (Å²) < 4.78 is 81.5. The van der Waals surface area contributed by atoms with Crippen LogP contribution in [0.15, 0.2) is 36.4 Å². The maximum atomic E-state index is 13.9. The third kappa shape index (κ3) is 7.35. The molecule has 0 radical (unpaired) electrons. The lowest BCUT2D eigenvalue weighted by atomic mass is 10.0. The van der Waals surface area contributed by atoms with Crippen molar-refractivity contribution in [3.8, 4) is 5.75 Å². The van der Waals surface area contributed by atoms with Crippen molar-refractivity contribution in [3.05, 3.63) is 65.0 Å². The highest BCUT2D eigenvalue weighted by Gasteiger charge is 2.33. The lowest BCUT2D eigenvalue weighted by Gasteiger charge is -2.29. The van der Waals surface area contributed by atoms with Gasteiger partial charge in [0.25, 0.3) is 0 Å². The van der Waals surface area contributed by atoms with Crippen molar-refractivity contribution in [2.75, 3.05) is 13.1 Å². The Labute approximate surface area is 197 Å². The molecule has 0 saturated carbocycles. The van der Waals surface area contributed by atoms with E-state index in [0.717, 1.165) is 12.1 Å². The molecule has 2 unspecified atom stereocenters. The molecule has 3 N–H and O–H groups in total. The number of carbonyl (C=O) groups is 2. The largest absolute Gasteiger partial charge is 0.573 e. The molecule has 2 atom stereocenters. The van der Waals surface area contributed by atoms with Crippen LogP contribution in [-0.2, 0) is 22.4 Å². The van der Waals surface area contributed by atoms with Crippen LogP contribution in [0.1, 0.15) is 24.0 Å². The van der Waals surface area contributed by atoms with Gasteiger partial charge in [0.05, 0.1) is 0 Å². The van der Waals surface area contributed by atoms with E-state index in [1.54, 1.807) is 0 Å². The van der Waals surface area contributed by atoms with Crippen molar-refractivity contribution in [2.24, 2.45) is 5.73 Å². The van der Waals surface area contributed by atoms with E-state index in [1.165, 1.54) is 17.0 Å². The van der Waals surface area contributed by atoms with Crippen molar-refractivity contribution in [1.82, 2.24) is 10.2 Å². The molecule has 0 bridgehead atoms. The van der Waals surface area contributed by atoms with Gasteiger partial charge in [-0.2, -0.15) is 0 Å². The van der Waals surface area contributed by atoms with E-state index in [9.17, 15) is 35.9 Å². The Morgan fingerprint density at radius 1 is 1.11 bits per heavy atom. The van der Waals surface area contributed by atoms with Crippen molar-refractivity contribution < 1.29 is 40.7 Å². The Bertz CT molecular complexity index is 1060. The highest BCUT2D eigenvalue weighted by atomic mass is 19.4. The van der Waals surface area contributed by atoms with Crippen LogP contribution in [-0.4, -0.2) is 48.2 Å². The number of nitrogens with one attached hydrogen (secondary N) is 1. The number of amides is 2. The normalized spacial score (nSPS) is 17.5. The number of hydrogen-bond acceptors (Lipinski definition) is 4. The van der Waals surface area contributed by atoms with Crippen LogP contribution in [0.5, 0.6) is 5.75 Å². The van der Waals surface area contributed by atoms with Gasteiger partial charge in [-0.1, -0.05) is 12.1 Å². The highest BCUT2D eigenvalue weighted by Crippen LogP contribution is 2.24. The molecule has 1 saturated heterocycles. The minimum atomic E-state index is -4.84. The van der Waals surface area contributed by atoms with Crippen LogP contribution in [0, 0.1) is 17.5 Å². The van der Waals surface area contributed by atoms with Crippen LogP contribution in [0.25, 0.3) is 0 Å². The van der Waals surface area contributed by atoms with E-state index in [0.29, 0.717) is 30.7 Å². The lowest BCUT2D eigenvalue weighted by molar-refractivity contribution is -0.274. The zero-order valence-corrected chi connectivity index (χ0v) is 18.4. The van der Waals surface area contributed by atoms with Crippen LogP contribution in [0.2, 0.25) is 0 Å². The number of rotatable bonds is 7. The average Bonchev–Trinajstić information content (AvgIpc) is 2.94. The third-order valence-electron chi connectivity index (χ3n) is 5.47. The Kier molecular flexibility index (Phi) is 8.26. The number of ether oxygens (including phenoxy) is 1. The molecule has 0 aromatic heterocycles. The first-order valence-corrected chi connectivity index (χ1v) is 10.7. The summed E-state index contributed by atoms with van der Waals surface area (Å²) in [5.41, 5.74) is 6.28. The quantitative estimate of drug-likeness (QED) is 0.449. The fourth-order valence-corrected chi connectivity index (χ4v) is 3.84. The van der Waals surface area contributed by atoms with E-state index in [1.807, 2.05) is 0 Å². The molecule has 3 rings (SSSR count). The van der Waals surface area contributed by atoms with Gasteiger partial charge in [-0.3, -0.25) is 9.59 Å². The SMILES string of the molecule is NC(CC(=O)N1CCCNC(=O)C1Cc1ccc(OC(F)(F)F)cc1)Cc1cc(F)c(F)cc1F. The number of nitrogens with two attached hydrogens (primary N) is 1. The highest BCUT2D eigenvalue weighted by molar-refractivity contribution is 5.88. The fraction of sp³-hybridized carbons (Fsp3) is 0.391. The molecule has 0 spiro atoms. The molecule has 1 aliphatic heterocycles. The predicted octanol–water partition coefficient (Wildman–Crippen LogP) is 3.22. The average molecular weight is 503 g/mol. The van der Waals surface area contributed by atoms with Gasteiger partial charge in [-0.05, 0) is 42.2 Å². The van der Waals surface area contributed by atoms with Gasteiger partial charge in [0.1, 0.15) is 17.6 Å². The van der Waals surface area contributed by atoms with E-state index in [2.05, 4.69) is 10.1 Å². The summed E-state index contributed by atoms with van der Waals surface area (Å²) in [6, 6.07) is 4.13. The number of halogens is 6. The summed E-state index contributed by atoms with van der Waals surface area (Å²) in [6.45, 7) is 0.535. The van der Waals surface area contributed by atoms with Crippen molar-refractivity contribution in [1.29, 1.82) is 0 Å². The molecule has 0 aliphatic carbocycles. The van der Waals surface area contributed by atoms with Crippen LogP contribution in [0.4, 0.5) is 26.3 Å². The molecule has 1 fully saturated rings. The van der Waals surface area contributed by atoms with E-state index in [4.69, 9.17) is 5.73 Å². The van der Waals surface area contributed by atoms with E-state index < -0.39 is 53.5 Å². The molecular weight excluding hydrogens is 480 g/mol. The first-order valence-electron chi connectivity index (χ1n) is 10.7. The standard InChI is InChI=1S/C23H23F6N3O3/c24-17-12-19(26)18(25)10-14(17)9-15(30)11-21(33)32-7-1-6-31-22(34)20(32)8-13-2-4-16(5-3-13)35-23(27,28)29/h2-5,10,12,15,20H,1,6-9,11,30H2,(H,31,34). The van der Waals surface area contributed by atoms with Gasteiger partial charge in [0.2, 0.25) is 11.8 Å².